The van der Waals surface area contributed by atoms with E-state index in [4.69, 9.17) is 21.1 Å². The van der Waals surface area contributed by atoms with Gasteiger partial charge in [-0.3, -0.25) is 4.99 Å². The van der Waals surface area contributed by atoms with Crippen LogP contribution in [0.25, 0.3) is 0 Å². The molecule has 2 aromatic rings. The van der Waals surface area contributed by atoms with Crippen molar-refractivity contribution in [2.45, 2.75) is 19.4 Å². The third kappa shape index (κ3) is 7.46. The topological polar surface area (TPSA) is 54.9 Å². The second-order valence-corrected chi connectivity index (χ2v) is 6.14. The van der Waals surface area contributed by atoms with E-state index in [1.54, 1.807) is 21.3 Å². The van der Waals surface area contributed by atoms with Gasteiger partial charge >= 0.3 is 0 Å². The van der Waals surface area contributed by atoms with Crippen LogP contribution >= 0.6 is 35.6 Å². The highest BCUT2D eigenvalue weighted by molar-refractivity contribution is 14.0. The summed E-state index contributed by atoms with van der Waals surface area (Å²) in [5, 5.41) is 7.35. The van der Waals surface area contributed by atoms with E-state index in [1.165, 1.54) is 5.56 Å². The van der Waals surface area contributed by atoms with Crippen LogP contribution in [0.5, 0.6) is 11.5 Å². The third-order valence-corrected chi connectivity index (χ3v) is 4.38. The Kier molecular flexibility index (Phi) is 11.0. The van der Waals surface area contributed by atoms with Crippen molar-refractivity contribution < 1.29 is 9.47 Å². The van der Waals surface area contributed by atoms with E-state index in [2.05, 4.69) is 21.7 Å². The molecule has 0 heterocycles. The lowest BCUT2D eigenvalue weighted by Crippen LogP contribution is -2.37. The van der Waals surface area contributed by atoms with E-state index in [-0.39, 0.29) is 24.0 Å². The molecular weight excluding hydrogens is 477 g/mol. The molecule has 0 atom stereocenters. The second kappa shape index (κ2) is 12.7. The number of nitrogens with one attached hydrogen (secondary N) is 2. The van der Waals surface area contributed by atoms with E-state index >= 15 is 0 Å². The molecule has 0 aromatic heterocycles. The number of hydrogen-bond donors (Lipinski definition) is 2. The van der Waals surface area contributed by atoms with Gasteiger partial charge in [-0.25, -0.2) is 0 Å². The molecule has 0 saturated heterocycles. The van der Waals surface area contributed by atoms with Gasteiger partial charge in [-0.05, 0) is 42.2 Å². The zero-order valence-electron chi connectivity index (χ0n) is 15.9. The van der Waals surface area contributed by atoms with Crippen LogP contribution in [0.3, 0.4) is 0 Å². The number of ether oxygens (including phenoxy) is 2. The summed E-state index contributed by atoms with van der Waals surface area (Å²) >= 11 is 6.17. The minimum absolute atomic E-state index is 0. The van der Waals surface area contributed by atoms with Crippen LogP contribution in [0.2, 0.25) is 5.02 Å². The Morgan fingerprint density at radius 3 is 2.44 bits per heavy atom. The van der Waals surface area contributed by atoms with Crippen LogP contribution in [0, 0.1) is 0 Å². The summed E-state index contributed by atoms with van der Waals surface area (Å²) in [7, 11) is 5.05. The van der Waals surface area contributed by atoms with Gasteiger partial charge in [0.2, 0.25) is 0 Å². The largest absolute Gasteiger partial charge is 0.493 e. The van der Waals surface area contributed by atoms with Crippen LogP contribution in [0.1, 0.15) is 17.5 Å². The number of halogens is 2. The summed E-state index contributed by atoms with van der Waals surface area (Å²) in [6, 6.07) is 13.8. The predicted molar refractivity (Wildman–Crippen MR) is 123 cm³/mol. The lowest BCUT2D eigenvalue weighted by atomic mass is 10.1. The summed E-state index contributed by atoms with van der Waals surface area (Å²) in [5.74, 6) is 2.27. The first-order valence-corrected chi connectivity index (χ1v) is 8.94. The first-order valence-electron chi connectivity index (χ1n) is 8.56. The Bertz CT molecular complexity index is 741. The highest BCUT2D eigenvalue weighted by Crippen LogP contribution is 2.27. The van der Waals surface area contributed by atoms with Gasteiger partial charge in [0.1, 0.15) is 0 Å². The molecule has 0 unspecified atom stereocenters. The number of aliphatic imine (C=N–C) groups is 1. The van der Waals surface area contributed by atoms with Crippen LogP contribution < -0.4 is 20.1 Å². The van der Waals surface area contributed by atoms with Gasteiger partial charge in [0.25, 0.3) is 0 Å². The minimum atomic E-state index is 0. The Hall–Kier alpha value is -1.67. The van der Waals surface area contributed by atoms with Crippen LogP contribution in [0.4, 0.5) is 0 Å². The van der Waals surface area contributed by atoms with Gasteiger partial charge in [-0.1, -0.05) is 35.9 Å². The fraction of sp³-hybridized carbons (Fsp3) is 0.350. The molecule has 2 N–H and O–H groups in total. The summed E-state index contributed by atoms with van der Waals surface area (Å²) in [6.07, 6.45) is 1.91. The number of nitrogens with zero attached hydrogens (tertiary/aromatic N) is 1. The van der Waals surface area contributed by atoms with Crippen molar-refractivity contribution in [3.63, 3.8) is 0 Å². The van der Waals surface area contributed by atoms with Gasteiger partial charge in [-0.2, -0.15) is 0 Å². The van der Waals surface area contributed by atoms with Crippen LogP contribution in [-0.4, -0.2) is 33.8 Å². The van der Waals surface area contributed by atoms with Gasteiger partial charge < -0.3 is 20.1 Å². The molecule has 0 amide bonds. The van der Waals surface area contributed by atoms with Crippen LogP contribution in [0.15, 0.2) is 47.5 Å². The molecule has 27 heavy (non-hydrogen) atoms. The maximum atomic E-state index is 6.17. The molecule has 0 fully saturated rings. The number of rotatable bonds is 8. The van der Waals surface area contributed by atoms with Gasteiger partial charge in [0.05, 0.1) is 14.2 Å². The highest BCUT2D eigenvalue weighted by atomic mass is 127. The smallest absolute Gasteiger partial charge is 0.191 e. The fourth-order valence-electron chi connectivity index (χ4n) is 2.58. The Balaban J connectivity index is 0.00000364. The van der Waals surface area contributed by atoms with Gasteiger partial charge in [0.15, 0.2) is 17.5 Å². The van der Waals surface area contributed by atoms with Crippen molar-refractivity contribution in [3.8, 4) is 11.5 Å². The SMILES string of the molecule is CN=C(NCCCc1ccc(OC)c(OC)c1)NCc1ccccc1Cl.I. The average Bonchev–Trinajstić information content (AvgIpc) is 2.68. The van der Waals surface area contributed by atoms with Crippen molar-refractivity contribution in [2.24, 2.45) is 4.99 Å². The maximum Gasteiger partial charge on any atom is 0.191 e. The average molecular weight is 504 g/mol. The summed E-state index contributed by atoms with van der Waals surface area (Å²) in [4.78, 5) is 4.24. The molecule has 0 aliphatic rings. The summed E-state index contributed by atoms with van der Waals surface area (Å²) < 4.78 is 10.6. The summed E-state index contributed by atoms with van der Waals surface area (Å²) in [6.45, 7) is 1.45. The number of aryl methyl sites for hydroxylation is 1. The molecule has 0 spiro atoms. The molecule has 0 radical (unpaired) electrons. The fourth-order valence-corrected chi connectivity index (χ4v) is 2.78. The van der Waals surface area contributed by atoms with Crippen molar-refractivity contribution in [2.75, 3.05) is 27.8 Å². The second-order valence-electron chi connectivity index (χ2n) is 5.74. The molecule has 2 aromatic carbocycles. The molecule has 0 bridgehead atoms. The molecule has 0 aliphatic heterocycles. The van der Waals surface area contributed by atoms with E-state index < -0.39 is 0 Å². The van der Waals surface area contributed by atoms with Crippen LogP contribution in [-0.2, 0) is 13.0 Å². The number of methoxy groups -OCH3 is 2. The van der Waals surface area contributed by atoms with Crippen molar-refractivity contribution in [1.82, 2.24) is 10.6 Å². The van der Waals surface area contributed by atoms with E-state index in [9.17, 15) is 0 Å². The first kappa shape index (κ1) is 23.4. The highest BCUT2D eigenvalue weighted by Gasteiger charge is 2.05. The normalized spacial score (nSPS) is 10.7. The molecule has 5 nitrogen and oxygen atoms in total. The van der Waals surface area contributed by atoms with Crippen molar-refractivity contribution in [1.29, 1.82) is 0 Å². The molecular formula is C20H27ClIN3O2. The molecule has 148 valence electrons. The first-order chi connectivity index (χ1) is 12.7. The van der Waals surface area contributed by atoms with Gasteiger partial charge in [0, 0.05) is 25.2 Å². The third-order valence-electron chi connectivity index (χ3n) is 4.01. The standard InChI is InChI=1S/C20H26ClN3O2.HI/c1-22-20(24-14-16-8-4-5-9-17(16)21)23-12-6-7-15-10-11-18(25-2)19(13-15)26-3;/h4-5,8-11,13H,6-7,12,14H2,1-3H3,(H2,22,23,24);1H. The zero-order valence-corrected chi connectivity index (χ0v) is 19.0. The van der Waals surface area contributed by atoms with Gasteiger partial charge in [-0.15, -0.1) is 24.0 Å². The zero-order chi connectivity index (χ0) is 18.8. The summed E-state index contributed by atoms with van der Waals surface area (Å²) in [5.41, 5.74) is 2.26. The Morgan fingerprint density at radius 2 is 1.78 bits per heavy atom. The van der Waals surface area contributed by atoms with E-state index in [0.717, 1.165) is 47.4 Å². The number of guanidine groups is 1. The molecule has 7 heteroatoms. The lowest BCUT2D eigenvalue weighted by Gasteiger charge is -2.13. The van der Waals surface area contributed by atoms with Crippen molar-refractivity contribution >= 4 is 41.5 Å². The molecule has 2 rings (SSSR count). The van der Waals surface area contributed by atoms with Crippen molar-refractivity contribution in [3.05, 3.63) is 58.6 Å². The molecule has 0 aliphatic carbocycles. The Labute approximate surface area is 183 Å². The molecule has 0 saturated carbocycles. The minimum Gasteiger partial charge on any atom is -0.493 e. The maximum absolute atomic E-state index is 6.17. The lowest BCUT2D eigenvalue weighted by molar-refractivity contribution is 0.354. The number of hydrogen-bond acceptors (Lipinski definition) is 3. The van der Waals surface area contributed by atoms with E-state index in [0.29, 0.717) is 6.54 Å². The quantitative estimate of drug-likeness (QED) is 0.244. The monoisotopic (exact) mass is 503 g/mol. The number of benzene rings is 2. The Morgan fingerprint density at radius 1 is 1.04 bits per heavy atom. The predicted octanol–water partition coefficient (Wildman–Crippen LogP) is 4.27. The van der Waals surface area contributed by atoms with E-state index in [1.807, 2.05) is 36.4 Å².